The molecule has 0 atom stereocenters. The van der Waals surface area contributed by atoms with E-state index in [0.29, 0.717) is 34.5 Å². The summed E-state index contributed by atoms with van der Waals surface area (Å²) in [5, 5.41) is 6.47. The van der Waals surface area contributed by atoms with Crippen LogP contribution in [0.15, 0.2) is 72.0 Å². The van der Waals surface area contributed by atoms with Gasteiger partial charge < -0.3 is 10.1 Å². The summed E-state index contributed by atoms with van der Waals surface area (Å²) in [6.07, 6.45) is 3.43. The summed E-state index contributed by atoms with van der Waals surface area (Å²) >= 11 is 6.00. The van der Waals surface area contributed by atoms with Gasteiger partial charge in [0.25, 0.3) is 5.91 Å². The number of aryl methyl sites for hydroxylation is 1. The first-order valence-electron chi connectivity index (χ1n) is 8.97. The van der Waals surface area contributed by atoms with Gasteiger partial charge in [-0.2, -0.15) is 0 Å². The number of guanidine groups is 1. The lowest BCUT2D eigenvalue weighted by Crippen LogP contribution is -2.36. The Kier molecular flexibility index (Phi) is 6.81. The van der Waals surface area contributed by atoms with Crippen LogP contribution < -0.4 is 15.4 Å². The molecule has 0 fully saturated rings. The smallest absolute Gasteiger partial charge is 0.258 e. The van der Waals surface area contributed by atoms with Gasteiger partial charge in [0.15, 0.2) is 0 Å². The normalized spacial score (nSPS) is 11.1. The number of aliphatic imine (C=N–C) groups is 1. The van der Waals surface area contributed by atoms with Crippen LogP contribution in [0, 0.1) is 6.92 Å². The first-order chi connectivity index (χ1) is 14.0. The van der Waals surface area contributed by atoms with Gasteiger partial charge in [0.2, 0.25) is 5.96 Å². The third-order valence-corrected chi connectivity index (χ3v) is 4.30. The summed E-state index contributed by atoms with van der Waals surface area (Å²) < 4.78 is 5.41. The zero-order valence-electron chi connectivity index (χ0n) is 16.1. The number of carbonyl (C=O) groups is 1. The van der Waals surface area contributed by atoms with Crippen molar-refractivity contribution in [2.75, 3.05) is 12.4 Å². The molecule has 0 saturated carbocycles. The van der Waals surface area contributed by atoms with Crippen LogP contribution in [0.3, 0.4) is 0 Å². The van der Waals surface area contributed by atoms with Crippen LogP contribution in [0.25, 0.3) is 0 Å². The van der Waals surface area contributed by atoms with Gasteiger partial charge in [-0.25, -0.2) is 4.99 Å². The van der Waals surface area contributed by atoms with E-state index in [1.165, 1.54) is 0 Å². The average molecular weight is 409 g/mol. The summed E-state index contributed by atoms with van der Waals surface area (Å²) in [4.78, 5) is 21.3. The molecular weight excluding hydrogens is 388 g/mol. The Balaban J connectivity index is 1.87. The van der Waals surface area contributed by atoms with E-state index in [1.54, 1.807) is 43.8 Å². The van der Waals surface area contributed by atoms with Gasteiger partial charge in [-0.15, -0.1) is 0 Å². The standard InChI is InChI=1S/C22H21ClN4O2/c1-15-8-9-20(29-2)19(11-15)26-22(25-14-16-5-4-10-24-13-16)27-21(28)17-6-3-7-18(23)12-17/h3-13H,14H2,1-2H3,(H2,25,26,27,28). The molecule has 7 heteroatoms. The van der Waals surface area contributed by atoms with E-state index in [1.807, 2.05) is 37.3 Å². The zero-order valence-corrected chi connectivity index (χ0v) is 16.9. The summed E-state index contributed by atoms with van der Waals surface area (Å²) in [7, 11) is 1.59. The highest BCUT2D eigenvalue weighted by atomic mass is 35.5. The molecule has 0 bridgehead atoms. The van der Waals surface area contributed by atoms with Crippen LogP contribution in [-0.2, 0) is 6.54 Å². The number of nitrogens with one attached hydrogen (secondary N) is 2. The van der Waals surface area contributed by atoms with Crippen molar-refractivity contribution in [1.29, 1.82) is 0 Å². The molecule has 0 radical (unpaired) electrons. The van der Waals surface area contributed by atoms with Gasteiger partial charge in [0, 0.05) is 23.0 Å². The van der Waals surface area contributed by atoms with Crippen molar-refractivity contribution >= 4 is 29.2 Å². The molecule has 148 valence electrons. The largest absolute Gasteiger partial charge is 0.495 e. The second kappa shape index (κ2) is 9.71. The molecule has 0 aliphatic heterocycles. The van der Waals surface area contributed by atoms with Crippen LogP contribution in [-0.4, -0.2) is 24.0 Å². The third kappa shape index (κ3) is 5.80. The van der Waals surface area contributed by atoms with Crippen LogP contribution in [0.4, 0.5) is 5.69 Å². The minimum absolute atomic E-state index is 0.294. The zero-order chi connectivity index (χ0) is 20.6. The monoisotopic (exact) mass is 408 g/mol. The molecule has 3 rings (SSSR count). The molecule has 0 saturated heterocycles. The molecule has 1 amide bonds. The first kappa shape index (κ1) is 20.4. The topological polar surface area (TPSA) is 75.6 Å². The Hall–Kier alpha value is -3.38. The fraction of sp³-hybridized carbons (Fsp3) is 0.136. The number of hydrogen-bond acceptors (Lipinski definition) is 4. The van der Waals surface area contributed by atoms with E-state index >= 15 is 0 Å². The summed E-state index contributed by atoms with van der Waals surface area (Å²) in [5.41, 5.74) is 3.09. The minimum Gasteiger partial charge on any atom is -0.495 e. The van der Waals surface area contributed by atoms with Gasteiger partial charge in [0.1, 0.15) is 5.75 Å². The van der Waals surface area contributed by atoms with Crippen molar-refractivity contribution in [3.05, 3.63) is 88.7 Å². The van der Waals surface area contributed by atoms with E-state index in [0.717, 1.165) is 11.1 Å². The molecule has 2 aromatic carbocycles. The quantitative estimate of drug-likeness (QED) is 0.483. The van der Waals surface area contributed by atoms with E-state index in [4.69, 9.17) is 16.3 Å². The van der Waals surface area contributed by atoms with Crippen molar-refractivity contribution in [2.24, 2.45) is 4.99 Å². The number of halogens is 1. The third-order valence-electron chi connectivity index (χ3n) is 4.07. The lowest BCUT2D eigenvalue weighted by atomic mass is 10.2. The van der Waals surface area contributed by atoms with E-state index < -0.39 is 0 Å². The van der Waals surface area contributed by atoms with E-state index in [2.05, 4.69) is 20.6 Å². The molecule has 3 aromatic rings. The maximum absolute atomic E-state index is 12.7. The first-order valence-corrected chi connectivity index (χ1v) is 9.35. The fourth-order valence-electron chi connectivity index (χ4n) is 2.63. The second-order valence-electron chi connectivity index (χ2n) is 6.32. The van der Waals surface area contributed by atoms with Crippen LogP contribution in [0.1, 0.15) is 21.5 Å². The predicted octanol–water partition coefficient (Wildman–Crippen LogP) is 4.45. The number of amides is 1. The van der Waals surface area contributed by atoms with Crippen molar-refractivity contribution in [1.82, 2.24) is 10.3 Å². The fourth-order valence-corrected chi connectivity index (χ4v) is 2.82. The molecule has 1 aromatic heterocycles. The van der Waals surface area contributed by atoms with Gasteiger partial charge >= 0.3 is 0 Å². The maximum Gasteiger partial charge on any atom is 0.258 e. The number of benzene rings is 2. The summed E-state index contributed by atoms with van der Waals surface area (Å²) in [5.74, 6) is 0.612. The molecule has 6 nitrogen and oxygen atoms in total. The van der Waals surface area contributed by atoms with Crippen LogP contribution in [0.2, 0.25) is 5.02 Å². The summed E-state index contributed by atoms with van der Waals surface area (Å²) in [6, 6.07) is 16.2. The molecule has 0 aliphatic rings. The van der Waals surface area contributed by atoms with Crippen molar-refractivity contribution in [3.63, 3.8) is 0 Å². The van der Waals surface area contributed by atoms with Gasteiger partial charge in [-0.1, -0.05) is 29.8 Å². The van der Waals surface area contributed by atoms with Crippen LogP contribution >= 0.6 is 11.6 Å². The van der Waals surface area contributed by atoms with Gasteiger partial charge in [0.05, 0.1) is 19.3 Å². The Morgan fingerprint density at radius 1 is 1.17 bits per heavy atom. The maximum atomic E-state index is 12.7. The second-order valence-corrected chi connectivity index (χ2v) is 6.76. The number of pyridine rings is 1. The number of rotatable bonds is 5. The molecule has 0 aliphatic carbocycles. The SMILES string of the molecule is COc1ccc(C)cc1NC(=NCc1cccnc1)NC(=O)c1cccc(Cl)c1. The highest BCUT2D eigenvalue weighted by molar-refractivity contribution is 6.31. The summed E-state index contributed by atoms with van der Waals surface area (Å²) in [6.45, 7) is 2.32. The Morgan fingerprint density at radius 2 is 2.03 bits per heavy atom. The van der Waals surface area contributed by atoms with Crippen molar-refractivity contribution < 1.29 is 9.53 Å². The average Bonchev–Trinajstić information content (AvgIpc) is 2.73. The lowest BCUT2D eigenvalue weighted by molar-refractivity contribution is 0.0977. The van der Waals surface area contributed by atoms with Crippen LogP contribution in [0.5, 0.6) is 5.75 Å². The molecule has 29 heavy (non-hydrogen) atoms. The molecule has 2 N–H and O–H groups in total. The predicted molar refractivity (Wildman–Crippen MR) is 116 cm³/mol. The Bertz CT molecular complexity index is 1020. The number of ether oxygens (including phenoxy) is 1. The molecular formula is C22H21ClN4O2. The van der Waals surface area contributed by atoms with Crippen molar-refractivity contribution in [3.8, 4) is 5.75 Å². The number of hydrogen-bond donors (Lipinski definition) is 2. The molecule has 1 heterocycles. The number of nitrogens with zero attached hydrogens (tertiary/aromatic N) is 2. The van der Waals surface area contributed by atoms with Gasteiger partial charge in [-0.05, 0) is 54.4 Å². The van der Waals surface area contributed by atoms with E-state index in [-0.39, 0.29) is 5.91 Å². The number of aromatic nitrogens is 1. The highest BCUT2D eigenvalue weighted by Crippen LogP contribution is 2.25. The minimum atomic E-state index is -0.323. The van der Waals surface area contributed by atoms with Gasteiger partial charge in [-0.3, -0.25) is 15.1 Å². The van der Waals surface area contributed by atoms with E-state index in [9.17, 15) is 4.79 Å². The van der Waals surface area contributed by atoms with Crippen molar-refractivity contribution in [2.45, 2.75) is 13.5 Å². The number of anilines is 1. The molecule has 0 spiro atoms. The molecule has 0 unspecified atom stereocenters. The lowest BCUT2D eigenvalue weighted by Gasteiger charge is -2.15. The Morgan fingerprint density at radius 3 is 2.76 bits per heavy atom. The number of methoxy groups -OCH3 is 1. The number of carbonyl (C=O) groups excluding carboxylic acids is 1. The Labute approximate surface area is 174 Å². The highest BCUT2D eigenvalue weighted by Gasteiger charge is 2.12.